The summed E-state index contributed by atoms with van der Waals surface area (Å²) in [5.74, 6) is 0.144. The second-order valence-corrected chi connectivity index (χ2v) is 9.57. The summed E-state index contributed by atoms with van der Waals surface area (Å²) in [4.78, 5) is 6.25. The normalized spacial score (nSPS) is 11.6. The summed E-state index contributed by atoms with van der Waals surface area (Å²) in [6, 6.07) is 25.5. The van der Waals surface area contributed by atoms with Gasteiger partial charge in [0.2, 0.25) is 26.6 Å². The Bertz CT molecular complexity index is 1230. The lowest BCUT2D eigenvalue weighted by molar-refractivity contribution is 0.489. The number of aromatic nitrogens is 1. The molecule has 5 nitrogen and oxygen atoms in total. The number of oxazole rings is 1. The SMILES string of the molecule is CN(C)c1oc(C(c2ccccc2)c2ccccc2)nc1S(=O)(=O)c1ccc(Cl)cc1. The van der Waals surface area contributed by atoms with Crippen LogP contribution in [-0.2, 0) is 9.84 Å². The molecule has 0 unspecified atom stereocenters. The maximum absolute atomic E-state index is 13.4. The van der Waals surface area contributed by atoms with Gasteiger partial charge in [-0.2, -0.15) is 4.98 Å². The molecule has 0 spiro atoms. The van der Waals surface area contributed by atoms with E-state index < -0.39 is 9.84 Å². The van der Waals surface area contributed by atoms with Gasteiger partial charge < -0.3 is 9.32 Å². The van der Waals surface area contributed by atoms with E-state index >= 15 is 0 Å². The van der Waals surface area contributed by atoms with Crippen molar-refractivity contribution in [3.8, 4) is 0 Å². The number of anilines is 1. The molecule has 0 aliphatic rings. The number of nitrogens with zero attached hydrogens (tertiary/aromatic N) is 2. The van der Waals surface area contributed by atoms with Gasteiger partial charge in [-0.05, 0) is 35.4 Å². The Hall–Kier alpha value is -3.09. The Morgan fingerprint density at radius 2 is 1.35 bits per heavy atom. The van der Waals surface area contributed by atoms with Crippen LogP contribution in [0.1, 0.15) is 22.9 Å². The third kappa shape index (κ3) is 4.22. The van der Waals surface area contributed by atoms with Crippen molar-refractivity contribution in [3.63, 3.8) is 0 Å². The summed E-state index contributed by atoms with van der Waals surface area (Å²) in [6.07, 6.45) is 0. The van der Waals surface area contributed by atoms with Crippen molar-refractivity contribution in [1.82, 2.24) is 4.98 Å². The monoisotopic (exact) mass is 452 g/mol. The quantitative estimate of drug-likeness (QED) is 0.391. The average Bonchev–Trinajstić information content (AvgIpc) is 3.22. The zero-order valence-corrected chi connectivity index (χ0v) is 18.6. The maximum atomic E-state index is 13.4. The van der Waals surface area contributed by atoms with E-state index in [4.69, 9.17) is 16.0 Å². The molecule has 4 aromatic rings. The summed E-state index contributed by atoms with van der Waals surface area (Å²) in [5.41, 5.74) is 1.91. The van der Waals surface area contributed by atoms with Crippen LogP contribution in [0.3, 0.4) is 0 Å². The third-order valence-corrected chi connectivity index (χ3v) is 6.81. The molecule has 7 heteroatoms. The molecular formula is C24H21ClN2O3S. The highest BCUT2D eigenvalue weighted by atomic mass is 35.5. The fraction of sp³-hybridized carbons (Fsp3) is 0.125. The number of halogens is 1. The summed E-state index contributed by atoms with van der Waals surface area (Å²) < 4.78 is 32.9. The van der Waals surface area contributed by atoms with E-state index in [1.807, 2.05) is 60.7 Å². The van der Waals surface area contributed by atoms with E-state index in [-0.39, 0.29) is 21.7 Å². The molecule has 31 heavy (non-hydrogen) atoms. The smallest absolute Gasteiger partial charge is 0.235 e. The topological polar surface area (TPSA) is 63.4 Å². The highest BCUT2D eigenvalue weighted by molar-refractivity contribution is 7.91. The minimum Gasteiger partial charge on any atom is -0.423 e. The molecule has 0 amide bonds. The van der Waals surface area contributed by atoms with E-state index in [9.17, 15) is 8.42 Å². The van der Waals surface area contributed by atoms with Crippen molar-refractivity contribution in [1.29, 1.82) is 0 Å². The first-order valence-corrected chi connectivity index (χ1v) is 11.5. The molecular weight excluding hydrogens is 432 g/mol. The first-order chi connectivity index (χ1) is 14.9. The first-order valence-electron chi connectivity index (χ1n) is 9.66. The van der Waals surface area contributed by atoms with E-state index in [0.29, 0.717) is 10.9 Å². The van der Waals surface area contributed by atoms with Crippen LogP contribution in [0.4, 0.5) is 5.88 Å². The molecule has 0 aliphatic heterocycles. The van der Waals surface area contributed by atoms with Crippen molar-refractivity contribution in [2.75, 3.05) is 19.0 Å². The van der Waals surface area contributed by atoms with Gasteiger partial charge in [0.1, 0.15) is 0 Å². The van der Waals surface area contributed by atoms with E-state index in [0.717, 1.165) is 11.1 Å². The third-order valence-electron chi connectivity index (χ3n) is 4.89. The Morgan fingerprint density at radius 1 is 0.839 bits per heavy atom. The Morgan fingerprint density at radius 3 is 1.84 bits per heavy atom. The molecule has 1 heterocycles. The molecule has 158 valence electrons. The molecule has 0 saturated heterocycles. The predicted octanol–water partition coefficient (Wildman–Crippen LogP) is 5.41. The summed E-state index contributed by atoms with van der Waals surface area (Å²) in [6.45, 7) is 0. The Balaban J connectivity index is 1.90. The lowest BCUT2D eigenvalue weighted by Gasteiger charge is -2.15. The maximum Gasteiger partial charge on any atom is 0.235 e. The van der Waals surface area contributed by atoms with Crippen LogP contribution in [0, 0.1) is 0 Å². The zero-order valence-electron chi connectivity index (χ0n) is 17.1. The fourth-order valence-electron chi connectivity index (χ4n) is 3.39. The lowest BCUT2D eigenvalue weighted by atomic mass is 9.91. The summed E-state index contributed by atoms with van der Waals surface area (Å²) in [5, 5.41) is 0.340. The van der Waals surface area contributed by atoms with Gasteiger partial charge >= 0.3 is 0 Å². The van der Waals surface area contributed by atoms with Gasteiger partial charge in [-0.3, -0.25) is 0 Å². The number of hydrogen-bond donors (Lipinski definition) is 0. The number of benzene rings is 3. The summed E-state index contributed by atoms with van der Waals surface area (Å²) in [7, 11) is -0.459. The highest BCUT2D eigenvalue weighted by Gasteiger charge is 2.32. The molecule has 0 atom stereocenters. The molecule has 1 aromatic heterocycles. The second kappa shape index (κ2) is 8.57. The van der Waals surface area contributed by atoms with Crippen LogP contribution in [-0.4, -0.2) is 27.5 Å². The van der Waals surface area contributed by atoms with Crippen LogP contribution in [0.5, 0.6) is 0 Å². The van der Waals surface area contributed by atoms with Gasteiger partial charge in [0.25, 0.3) is 0 Å². The van der Waals surface area contributed by atoms with E-state index in [1.54, 1.807) is 31.1 Å². The van der Waals surface area contributed by atoms with Crippen molar-refractivity contribution in [2.24, 2.45) is 0 Å². The van der Waals surface area contributed by atoms with Crippen molar-refractivity contribution in [3.05, 3.63) is 107 Å². The van der Waals surface area contributed by atoms with Crippen LogP contribution >= 0.6 is 11.6 Å². The van der Waals surface area contributed by atoms with E-state index in [1.165, 1.54) is 12.1 Å². The minimum atomic E-state index is -3.91. The molecule has 0 saturated carbocycles. The van der Waals surface area contributed by atoms with Crippen LogP contribution < -0.4 is 4.90 Å². The van der Waals surface area contributed by atoms with Crippen molar-refractivity contribution < 1.29 is 12.8 Å². The van der Waals surface area contributed by atoms with Gasteiger partial charge in [0.15, 0.2) is 0 Å². The fourth-order valence-corrected chi connectivity index (χ4v) is 4.90. The molecule has 0 fully saturated rings. The molecule has 3 aromatic carbocycles. The van der Waals surface area contributed by atoms with E-state index in [2.05, 4.69) is 4.98 Å². The largest absolute Gasteiger partial charge is 0.423 e. The molecule has 0 bridgehead atoms. The molecule has 0 N–H and O–H groups in total. The molecule has 0 radical (unpaired) electrons. The highest BCUT2D eigenvalue weighted by Crippen LogP contribution is 2.37. The standard InChI is InChI=1S/C24H21ClN2O3S/c1-27(2)24-23(31(28,29)20-15-13-19(25)14-16-20)26-22(30-24)21(17-9-5-3-6-10-17)18-11-7-4-8-12-18/h3-16,21H,1-2H3. The number of hydrogen-bond acceptors (Lipinski definition) is 5. The van der Waals surface area contributed by atoms with Gasteiger partial charge in [-0.1, -0.05) is 72.3 Å². The molecule has 0 aliphatic carbocycles. The number of sulfone groups is 1. The number of rotatable bonds is 6. The van der Waals surface area contributed by atoms with Gasteiger partial charge in [0.05, 0.1) is 10.8 Å². The minimum absolute atomic E-state index is 0.107. The Kier molecular flexibility index (Phi) is 5.85. The van der Waals surface area contributed by atoms with Gasteiger partial charge in [-0.25, -0.2) is 8.42 Å². The van der Waals surface area contributed by atoms with Crippen molar-refractivity contribution >= 4 is 27.3 Å². The Labute approximate surface area is 186 Å². The van der Waals surface area contributed by atoms with Crippen LogP contribution in [0.25, 0.3) is 0 Å². The van der Waals surface area contributed by atoms with Gasteiger partial charge in [0, 0.05) is 19.1 Å². The lowest BCUT2D eigenvalue weighted by Crippen LogP contribution is -2.13. The van der Waals surface area contributed by atoms with Gasteiger partial charge in [-0.15, -0.1) is 0 Å². The van der Waals surface area contributed by atoms with Crippen LogP contribution in [0.15, 0.2) is 99.3 Å². The summed E-state index contributed by atoms with van der Waals surface area (Å²) >= 11 is 5.93. The van der Waals surface area contributed by atoms with Crippen molar-refractivity contribution in [2.45, 2.75) is 15.8 Å². The van der Waals surface area contributed by atoms with Crippen LogP contribution in [0.2, 0.25) is 5.02 Å². The zero-order chi connectivity index (χ0) is 22.0. The second-order valence-electron chi connectivity index (χ2n) is 7.27. The molecule has 4 rings (SSSR count). The predicted molar refractivity (Wildman–Crippen MR) is 122 cm³/mol. The average molecular weight is 453 g/mol. The first kappa shape index (κ1) is 21.2.